The molecule has 0 bridgehead atoms. The van der Waals surface area contributed by atoms with E-state index in [9.17, 15) is 13.2 Å². The first-order valence-electron chi connectivity index (χ1n) is 5.60. The summed E-state index contributed by atoms with van der Waals surface area (Å²) in [6.45, 7) is 0. The fourth-order valence-electron chi connectivity index (χ4n) is 1.69. The number of ether oxygens (including phenoxy) is 1. The summed E-state index contributed by atoms with van der Waals surface area (Å²) in [5.74, 6) is -0.696. The molecule has 0 saturated heterocycles. The van der Waals surface area contributed by atoms with Crippen molar-refractivity contribution in [1.82, 2.24) is 9.97 Å². The normalized spacial score (nSPS) is 11.0. The molecule has 10 heteroatoms. The van der Waals surface area contributed by atoms with Gasteiger partial charge in [-0.3, -0.25) is 0 Å². The molecule has 0 atom stereocenters. The molecule has 1 heterocycles. The summed E-state index contributed by atoms with van der Waals surface area (Å²) >= 11 is 3.11. The molecule has 1 aromatic heterocycles. The molecule has 1 aromatic carbocycles. The average Bonchev–Trinajstić information content (AvgIpc) is 2.36. The molecule has 114 valence electrons. The van der Waals surface area contributed by atoms with Crippen LogP contribution in [0, 0.1) is 11.3 Å². The molecule has 0 spiro atoms. The van der Waals surface area contributed by atoms with Crippen molar-refractivity contribution < 1.29 is 17.9 Å². The van der Waals surface area contributed by atoms with Crippen LogP contribution in [-0.4, -0.2) is 16.3 Å². The van der Waals surface area contributed by atoms with Gasteiger partial charge >= 0.3 is 6.36 Å². The molecule has 0 aliphatic heterocycles. The van der Waals surface area contributed by atoms with Gasteiger partial charge in [-0.2, -0.15) is 10.2 Å². The van der Waals surface area contributed by atoms with Gasteiger partial charge < -0.3 is 16.2 Å². The van der Waals surface area contributed by atoms with E-state index in [1.807, 2.05) is 6.07 Å². The monoisotopic (exact) mass is 373 g/mol. The van der Waals surface area contributed by atoms with Gasteiger partial charge in [-0.25, -0.2) is 4.98 Å². The molecule has 0 radical (unpaired) electrons. The third kappa shape index (κ3) is 3.37. The Balaban J connectivity index is 2.54. The summed E-state index contributed by atoms with van der Waals surface area (Å²) in [6, 6.07) is 5.31. The Morgan fingerprint density at radius 1 is 1.23 bits per heavy atom. The Bertz CT molecular complexity index is 773. The molecule has 0 aliphatic rings. The van der Waals surface area contributed by atoms with Crippen LogP contribution in [0.15, 0.2) is 22.7 Å². The van der Waals surface area contributed by atoms with E-state index in [2.05, 4.69) is 30.6 Å². The number of anilines is 2. The third-order valence-corrected chi connectivity index (χ3v) is 3.15. The third-order valence-electron chi connectivity index (χ3n) is 2.50. The number of alkyl halides is 3. The predicted molar refractivity (Wildman–Crippen MR) is 75.4 cm³/mol. The van der Waals surface area contributed by atoms with Gasteiger partial charge in [0.25, 0.3) is 0 Å². The standard InChI is InChI=1S/C12H7BrF3N5O/c13-8-3-5(22-12(14,15)16)1-2-6(8)9-7(4-17)10(18)21-11(19)20-9/h1-3H,(H4,18,19,20,21). The van der Waals surface area contributed by atoms with Gasteiger partial charge in [-0.1, -0.05) is 0 Å². The number of rotatable bonds is 2. The lowest BCUT2D eigenvalue weighted by Gasteiger charge is -2.12. The fraction of sp³-hybridized carbons (Fsp3) is 0.0833. The SMILES string of the molecule is N#Cc1c(N)nc(N)nc1-c1ccc(OC(F)(F)F)cc1Br. The van der Waals surface area contributed by atoms with Crippen molar-refractivity contribution in [3.05, 3.63) is 28.2 Å². The van der Waals surface area contributed by atoms with Gasteiger partial charge in [0.2, 0.25) is 5.95 Å². The number of nitriles is 1. The molecule has 0 unspecified atom stereocenters. The minimum atomic E-state index is -4.80. The smallest absolute Gasteiger partial charge is 0.406 e. The summed E-state index contributed by atoms with van der Waals surface area (Å²) in [4.78, 5) is 7.57. The zero-order chi connectivity index (χ0) is 16.5. The zero-order valence-electron chi connectivity index (χ0n) is 10.6. The fourth-order valence-corrected chi connectivity index (χ4v) is 2.23. The lowest BCUT2D eigenvalue weighted by atomic mass is 10.1. The van der Waals surface area contributed by atoms with Gasteiger partial charge in [-0.05, 0) is 34.1 Å². The highest BCUT2D eigenvalue weighted by Crippen LogP contribution is 2.35. The van der Waals surface area contributed by atoms with E-state index >= 15 is 0 Å². The molecule has 0 saturated carbocycles. The number of benzene rings is 1. The van der Waals surface area contributed by atoms with Crippen molar-refractivity contribution in [2.24, 2.45) is 0 Å². The Morgan fingerprint density at radius 3 is 2.45 bits per heavy atom. The van der Waals surface area contributed by atoms with Gasteiger partial charge in [0.15, 0.2) is 0 Å². The van der Waals surface area contributed by atoms with Crippen LogP contribution < -0.4 is 16.2 Å². The topological polar surface area (TPSA) is 111 Å². The number of nitrogens with zero attached hydrogens (tertiary/aromatic N) is 3. The number of nitrogen functional groups attached to an aromatic ring is 2. The minimum Gasteiger partial charge on any atom is -0.406 e. The van der Waals surface area contributed by atoms with Crippen molar-refractivity contribution in [1.29, 1.82) is 5.26 Å². The second-order valence-corrected chi connectivity index (χ2v) is 4.85. The maximum absolute atomic E-state index is 12.2. The maximum atomic E-state index is 12.2. The van der Waals surface area contributed by atoms with Crippen LogP contribution in [0.4, 0.5) is 24.9 Å². The molecule has 4 N–H and O–H groups in total. The lowest BCUT2D eigenvalue weighted by molar-refractivity contribution is -0.274. The van der Waals surface area contributed by atoms with Gasteiger partial charge in [0.05, 0.1) is 5.69 Å². The van der Waals surface area contributed by atoms with Crippen LogP contribution in [0.5, 0.6) is 5.75 Å². The van der Waals surface area contributed by atoms with Crippen molar-refractivity contribution in [3.8, 4) is 23.1 Å². The summed E-state index contributed by atoms with van der Waals surface area (Å²) in [7, 11) is 0. The van der Waals surface area contributed by atoms with Crippen LogP contribution in [0.2, 0.25) is 0 Å². The molecule has 0 fully saturated rings. The number of hydrogen-bond donors (Lipinski definition) is 2. The maximum Gasteiger partial charge on any atom is 0.573 e. The van der Waals surface area contributed by atoms with Crippen LogP contribution in [0.3, 0.4) is 0 Å². The van der Waals surface area contributed by atoms with Crippen LogP contribution in [0.1, 0.15) is 5.56 Å². The second-order valence-electron chi connectivity index (χ2n) is 3.99. The van der Waals surface area contributed by atoms with Crippen molar-refractivity contribution >= 4 is 27.7 Å². The highest BCUT2D eigenvalue weighted by Gasteiger charge is 2.31. The number of halogens is 4. The first kappa shape index (κ1) is 15.8. The second kappa shape index (κ2) is 5.69. The predicted octanol–water partition coefficient (Wildman–Crippen LogP) is 2.84. The summed E-state index contributed by atoms with van der Waals surface area (Å²) in [6.07, 6.45) is -4.80. The molecule has 22 heavy (non-hydrogen) atoms. The highest BCUT2D eigenvalue weighted by atomic mass is 79.9. The molecule has 2 rings (SSSR count). The summed E-state index contributed by atoms with van der Waals surface area (Å²) in [5.41, 5.74) is 11.5. The largest absolute Gasteiger partial charge is 0.573 e. The van der Waals surface area contributed by atoms with E-state index in [1.54, 1.807) is 0 Å². The molecule has 2 aromatic rings. The first-order valence-corrected chi connectivity index (χ1v) is 6.39. The Labute approximate surface area is 130 Å². The van der Waals surface area contributed by atoms with E-state index in [0.29, 0.717) is 5.56 Å². The molecular weight excluding hydrogens is 367 g/mol. The van der Waals surface area contributed by atoms with E-state index in [1.165, 1.54) is 6.07 Å². The minimum absolute atomic E-state index is 0.0283. The molecule has 6 nitrogen and oxygen atoms in total. The molecular formula is C12H7BrF3N5O. The van der Waals surface area contributed by atoms with E-state index in [-0.39, 0.29) is 27.5 Å². The number of aromatic nitrogens is 2. The summed E-state index contributed by atoms with van der Waals surface area (Å²) < 4.78 is 40.6. The van der Waals surface area contributed by atoms with Crippen LogP contribution in [-0.2, 0) is 0 Å². The Kier molecular flexibility index (Phi) is 4.09. The average molecular weight is 374 g/mol. The Hall–Kier alpha value is -2.54. The number of hydrogen-bond acceptors (Lipinski definition) is 6. The molecule has 0 aliphatic carbocycles. The highest BCUT2D eigenvalue weighted by molar-refractivity contribution is 9.10. The zero-order valence-corrected chi connectivity index (χ0v) is 12.2. The quantitative estimate of drug-likeness (QED) is 0.836. The number of nitrogens with two attached hydrogens (primary N) is 2. The Morgan fingerprint density at radius 2 is 1.91 bits per heavy atom. The van der Waals surface area contributed by atoms with Gasteiger partial charge in [0, 0.05) is 10.0 Å². The van der Waals surface area contributed by atoms with E-state index in [4.69, 9.17) is 16.7 Å². The van der Waals surface area contributed by atoms with Crippen molar-refractivity contribution in [2.45, 2.75) is 6.36 Å². The summed E-state index contributed by atoms with van der Waals surface area (Å²) in [5, 5.41) is 9.11. The molecule has 0 amide bonds. The first-order chi connectivity index (χ1) is 10.2. The van der Waals surface area contributed by atoms with E-state index < -0.39 is 12.1 Å². The van der Waals surface area contributed by atoms with E-state index in [0.717, 1.165) is 12.1 Å². The van der Waals surface area contributed by atoms with Crippen LogP contribution in [0.25, 0.3) is 11.3 Å². The van der Waals surface area contributed by atoms with Crippen molar-refractivity contribution in [2.75, 3.05) is 11.5 Å². The van der Waals surface area contributed by atoms with Gasteiger partial charge in [-0.15, -0.1) is 13.2 Å². The lowest BCUT2D eigenvalue weighted by Crippen LogP contribution is -2.17. The van der Waals surface area contributed by atoms with Crippen molar-refractivity contribution in [3.63, 3.8) is 0 Å². The van der Waals surface area contributed by atoms with Gasteiger partial charge in [0.1, 0.15) is 23.2 Å². The van der Waals surface area contributed by atoms with Crippen LogP contribution >= 0.6 is 15.9 Å².